The zero-order chi connectivity index (χ0) is 10.8. The molecule has 0 saturated heterocycles. The summed E-state index contributed by atoms with van der Waals surface area (Å²) >= 11 is 0. The van der Waals surface area contributed by atoms with Gasteiger partial charge in [-0.05, 0) is 35.7 Å². The lowest BCUT2D eigenvalue weighted by atomic mass is 9.96. The van der Waals surface area contributed by atoms with Gasteiger partial charge in [-0.15, -0.1) is 0 Å². The predicted octanol–water partition coefficient (Wildman–Crippen LogP) is 3.52. The van der Waals surface area contributed by atoms with Crippen LogP contribution in [0.5, 0.6) is 0 Å². The van der Waals surface area contributed by atoms with E-state index in [4.69, 9.17) is 5.26 Å². The molecule has 1 heteroatoms. The standard InChI is InChI=1S/C14H13N/c1-10-3-5-12-6-4-11(2)13(7-8-15)14(12)9-10/h3-6,9H,7H2,1-2H3. The van der Waals surface area contributed by atoms with E-state index in [1.54, 1.807) is 0 Å². The Morgan fingerprint density at radius 3 is 2.60 bits per heavy atom. The van der Waals surface area contributed by atoms with Gasteiger partial charge in [0, 0.05) is 0 Å². The molecule has 2 aromatic carbocycles. The van der Waals surface area contributed by atoms with Gasteiger partial charge in [0.2, 0.25) is 0 Å². The molecule has 0 aliphatic heterocycles. The normalized spacial score (nSPS) is 10.2. The summed E-state index contributed by atoms with van der Waals surface area (Å²) in [6.07, 6.45) is 0.493. The lowest BCUT2D eigenvalue weighted by Crippen LogP contribution is -1.90. The molecule has 2 rings (SSSR count). The van der Waals surface area contributed by atoms with Crippen LogP contribution in [0.15, 0.2) is 30.3 Å². The van der Waals surface area contributed by atoms with Crippen LogP contribution in [0, 0.1) is 25.2 Å². The third-order valence-corrected chi connectivity index (χ3v) is 2.78. The lowest BCUT2D eigenvalue weighted by Gasteiger charge is -2.07. The molecular formula is C14H13N. The van der Waals surface area contributed by atoms with Crippen LogP contribution in [-0.2, 0) is 6.42 Å². The van der Waals surface area contributed by atoms with Crippen molar-refractivity contribution >= 4 is 10.8 Å². The van der Waals surface area contributed by atoms with E-state index >= 15 is 0 Å². The van der Waals surface area contributed by atoms with E-state index in [1.807, 2.05) is 0 Å². The molecule has 0 unspecified atom stereocenters. The van der Waals surface area contributed by atoms with Gasteiger partial charge < -0.3 is 0 Å². The van der Waals surface area contributed by atoms with Crippen molar-refractivity contribution in [3.8, 4) is 6.07 Å². The molecule has 0 radical (unpaired) electrons. The van der Waals surface area contributed by atoms with E-state index in [0.717, 1.165) is 0 Å². The smallest absolute Gasteiger partial charge is 0.0670 e. The van der Waals surface area contributed by atoms with Gasteiger partial charge in [0.15, 0.2) is 0 Å². The second-order valence-corrected chi connectivity index (χ2v) is 3.92. The predicted molar refractivity (Wildman–Crippen MR) is 62.7 cm³/mol. The van der Waals surface area contributed by atoms with Crippen molar-refractivity contribution in [3.63, 3.8) is 0 Å². The SMILES string of the molecule is Cc1ccc2ccc(C)c(CC#N)c2c1. The Morgan fingerprint density at radius 2 is 1.87 bits per heavy atom. The van der Waals surface area contributed by atoms with Gasteiger partial charge >= 0.3 is 0 Å². The highest BCUT2D eigenvalue weighted by molar-refractivity contribution is 5.87. The Labute approximate surface area is 90.0 Å². The maximum absolute atomic E-state index is 8.82. The van der Waals surface area contributed by atoms with Crippen molar-refractivity contribution in [3.05, 3.63) is 47.0 Å². The number of rotatable bonds is 1. The van der Waals surface area contributed by atoms with Crippen LogP contribution in [0.3, 0.4) is 0 Å². The minimum absolute atomic E-state index is 0.493. The van der Waals surface area contributed by atoms with Crippen molar-refractivity contribution in [2.24, 2.45) is 0 Å². The van der Waals surface area contributed by atoms with Crippen molar-refractivity contribution in [1.82, 2.24) is 0 Å². The Bertz CT molecular complexity index is 542. The maximum atomic E-state index is 8.82. The molecule has 0 spiro atoms. The fourth-order valence-electron chi connectivity index (χ4n) is 1.92. The molecule has 0 saturated carbocycles. The summed E-state index contributed by atoms with van der Waals surface area (Å²) in [5.74, 6) is 0. The molecular weight excluding hydrogens is 182 g/mol. The number of benzene rings is 2. The van der Waals surface area contributed by atoms with Crippen molar-refractivity contribution in [2.75, 3.05) is 0 Å². The number of nitrogens with zero attached hydrogens (tertiary/aromatic N) is 1. The van der Waals surface area contributed by atoms with E-state index in [0.29, 0.717) is 6.42 Å². The zero-order valence-electron chi connectivity index (χ0n) is 9.04. The minimum Gasteiger partial charge on any atom is -0.198 e. The third kappa shape index (κ3) is 1.71. The number of hydrogen-bond acceptors (Lipinski definition) is 1. The first kappa shape index (κ1) is 9.73. The van der Waals surface area contributed by atoms with Crippen LogP contribution in [-0.4, -0.2) is 0 Å². The van der Waals surface area contributed by atoms with Crippen molar-refractivity contribution in [2.45, 2.75) is 20.3 Å². The fourth-order valence-corrected chi connectivity index (χ4v) is 1.92. The first-order valence-corrected chi connectivity index (χ1v) is 5.08. The van der Waals surface area contributed by atoms with Crippen molar-refractivity contribution in [1.29, 1.82) is 5.26 Å². The molecule has 1 nitrogen and oxygen atoms in total. The zero-order valence-corrected chi connectivity index (χ0v) is 9.04. The monoisotopic (exact) mass is 195 g/mol. The molecule has 0 N–H and O–H groups in total. The Kier molecular flexibility index (Phi) is 2.43. The summed E-state index contributed by atoms with van der Waals surface area (Å²) in [5.41, 5.74) is 3.61. The molecule has 2 aromatic rings. The van der Waals surface area contributed by atoms with E-state index in [1.165, 1.54) is 27.5 Å². The fraction of sp³-hybridized carbons (Fsp3) is 0.214. The van der Waals surface area contributed by atoms with Gasteiger partial charge in [-0.3, -0.25) is 0 Å². The molecule has 0 bridgehead atoms. The largest absolute Gasteiger partial charge is 0.198 e. The molecule has 0 amide bonds. The number of fused-ring (bicyclic) bond motifs is 1. The van der Waals surface area contributed by atoms with Crippen LogP contribution in [0.2, 0.25) is 0 Å². The lowest BCUT2D eigenvalue weighted by molar-refractivity contribution is 1.24. The first-order chi connectivity index (χ1) is 7.22. The van der Waals surface area contributed by atoms with Gasteiger partial charge in [-0.1, -0.05) is 35.9 Å². The third-order valence-electron chi connectivity index (χ3n) is 2.78. The van der Waals surface area contributed by atoms with Gasteiger partial charge in [-0.2, -0.15) is 5.26 Å². The number of nitriles is 1. The second-order valence-electron chi connectivity index (χ2n) is 3.92. The summed E-state index contributed by atoms with van der Waals surface area (Å²) in [4.78, 5) is 0. The highest BCUT2D eigenvalue weighted by Gasteiger charge is 2.04. The van der Waals surface area contributed by atoms with E-state index in [2.05, 4.69) is 50.2 Å². The van der Waals surface area contributed by atoms with Gasteiger partial charge in [0.05, 0.1) is 12.5 Å². The molecule has 0 fully saturated rings. The Hall–Kier alpha value is -1.81. The minimum atomic E-state index is 0.493. The molecule has 0 atom stereocenters. The molecule has 15 heavy (non-hydrogen) atoms. The number of hydrogen-bond donors (Lipinski definition) is 0. The molecule has 0 aromatic heterocycles. The van der Waals surface area contributed by atoms with Crippen LogP contribution in [0.1, 0.15) is 16.7 Å². The summed E-state index contributed by atoms with van der Waals surface area (Å²) in [6, 6.07) is 12.8. The summed E-state index contributed by atoms with van der Waals surface area (Å²) in [7, 11) is 0. The summed E-state index contributed by atoms with van der Waals surface area (Å²) in [6.45, 7) is 4.15. The highest BCUT2D eigenvalue weighted by atomic mass is 14.2. The average molecular weight is 195 g/mol. The average Bonchev–Trinajstić information content (AvgIpc) is 2.23. The molecule has 74 valence electrons. The maximum Gasteiger partial charge on any atom is 0.0670 e. The molecule has 0 heterocycles. The summed E-state index contributed by atoms with van der Waals surface area (Å²) in [5, 5.41) is 11.3. The Morgan fingerprint density at radius 1 is 1.13 bits per heavy atom. The Balaban J connectivity index is 2.79. The van der Waals surface area contributed by atoms with Crippen LogP contribution in [0.25, 0.3) is 10.8 Å². The van der Waals surface area contributed by atoms with Gasteiger partial charge in [-0.25, -0.2) is 0 Å². The van der Waals surface area contributed by atoms with Crippen LogP contribution in [0.4, 0.5) is 0 Å². The topological polar surface area (TPSA) is 23.8 Å². The van der Waals surface area contributed by atoms with E-state index in [9.17, 15) is 0 Å². The summed E-state index contributed by atoms with van der Waals surface area (Å²) < 4.78 is 0. The first-order valence-electron chi connectivity index (χ1n) is 5.08. The van der Waals surface area contributed by atoms with E-state index in [-0.39, 0.29) is 0 Å². The second kappa shape index (κ2) is 3.74. The highest BCUT2D eigenvalue weighted by Crippen LogP contribution is 2.23. The molecule has 0 aliphatic rings. The molecule has 0 aliphatic carbocycles. The van der Waals surface area contributed by atoms with Crippen LogP contribution < -0.4 is 0 Å². The van der Waals surface area contributed by atoms with E-state index < -0.39 is 0 Å². The van der Waals surface area contributed by atoms with Gasteiger partial charge in [0.1, 0.15) is 0 Å². The van der Waals surface area contributed by atoms with Gasteiger partial charge in [0.25, 0.3) is 0 Å². The number of aryl methyl sites for hydroxylation is 2. The van der Waals surface area contributed by atoms with Crippen molar-refractivity contribution < 1.29 is 0 Å². The van der Waals surface area contributed by atoms with Crippen LogP contribution >= 0.6 is 0 Å². The quantitative estimate of drug-likeness (QED) is 0.683.